The number of benzene rings is 1. The highest BCUT2D eigenvalue weighted by Crippen LogP contribution is 2.34. The van der Waals surface area contributed by atoms with E-state index in [9.17, 15) is 0 Å². The molecule has 0 unspecified atom stereocenters. The van der Waals surface area contributed by atoms with Crippen LogP contribution in [0, 0.1) is 0 Å². The van der Waals surface area contributed by atoms with Crippen LogP contribution in [0.4, 0.5) is 0 Å². The maximum atomic E-state index is 4.83. The molecule has 3 aromatic rings. The van der Waals surface area contributed by atoms with E-state index in [2.05, 4.69) is 57.6 Å². The van der Waals surface area contributed by atoms with Crippen molar-refractivity contribution in [2.75, 3.05) is 39.3 Å². The molecule has 2 aliphatic rings. The second-order valence-corrected chi connectivity index (χ2v) is 8.89. The van der Waals surface area contributed by atoms with Crippen LogP contribution in [-0.4, -0.2) is 59.0 Å². The van der Waals surface area contributed by atoms with E-state index in [4.69, 9.17) is 9.97 Å². The Kier molecular flexibility index (Phi) is 6.54. The van der Waals surface area contributed by atoms with Gasteiger partial charge in [-0.3, -0.25) is 14.9 Å². The lowest BCUT2D eigenvalue weighted by molar-refractivity contribution is 0.148. The van der Waals surface area contributed by atoms with E-state index < -0.39 is 0 Å². The van der Waals surface area contributed by atoms with Crippen LogP contribution < -0.4 is 5.32 Å². The van der Waals surface area contributed by atoms with Crippen LogP contribution in [0.15, 0.2) is 54.9 Å². The third kappa shape index (κ3) is 4.95. The molecule has 0 radical (unpaired) electrons. The van der Waals surface area contributed by atoms with Gasteiger partial charge in [-0.15, -0.1) is 0 Å². The second-order valence-electron chi connectivity index (χ2n) is 8.89. The van der Waals surface area contributed by atoms with Crippen molar-refractivity contribution in [2.24, 2.45) is 0 Å². The second kappa shape index (κ2) is 9.86. The Balaban J connectivity index is 1.35. The number of hydrogen-bond acceptors (Lipinski definition) is 5. The molecular formula is C26H33N5. The van der Waals surface area contributed by atoms with Gasteiger partial charge in [0, 0.05) is 57.0 Å². The quantitative estimate of drug-likeness (QED) is 0.636. The predicted molar refractivity (Wildman–Crippen MR) is 126 cm³/mol. The molecule has 0 amide bonds. The van der Waals surface area contributed by atoms with E-state index in [0.29, 0.717) is 6.04 Å². The molecule has 1 atom stereocenters. The zero-order valence-electron chi connectivity index (χ0n) is 18.3. The molecule has 2 aromatic heterocycles. The minimum Gasteiger partial charge on any atom is -0.314 e. The zero-order valence-corrected chi connectivity index (χ0v) is 18.3. The fourth-order valence-corrected chi connectivity index (χ4v) is 5.14. The van der Waals surface area contributed by atoms with Gasteiger partial charge in [0.25, 0.3) is 0 Å². The highest BCUT2D eigenvalue weighted by Gasteiger charge is 2.27. The Morgan fingerprint density at radius 1 is 1.03 bits per heavy atom. The van der Waals surface area contributed by atoms with Gasteiger partial charge in [0.1, 0.15) is 0 Å². The molecular weight excluding hydrogens is 382 g/mol. The lowest BCUT2D eigenvalue weighted by Crippen LogP contribution is -2.44. The largest absolute Gasteiger partial charge is 0.314 e. The Bertz CT molecular complexity index is 998. The third-order valence-electron chi connectivity index (χ3n) is 6.79. The number of hydrogen-bond donors (Lipinski definition) is 1. The van der Waals surface area contributed by atoms with Crippen LogP contribution in [0.1, 0.15) is 42.3 Å². The summed E-state index contributed by atoms with van der Waals surface area (Å²) in [7, 11) is 0. The van der Waals surface area contributed by atoms with Crippen molar-refractivity contribution in [3.63, 3.8) is 0 Å². The molecule has 5 heteroatoms. The third-order valence-corrected chi connectivity index (χ3v) is 6.79. The first-order valence-electron chi connectivity index (χ1n) is 11.8. The molecule has 3 heterocycles. The summed E-state index contributed by atoms with van der Waals surface area (Å²) in [6, 6.07) is 15.5. The van der Waals surface area contributed by atoms with Gasteiger partial charge in [-0.25, -0.2) is 0 Å². The molecule has 5 rings (SSSR count). The molecule has 0 spiro atoms. The minimum atomic E-state index is 0.390. The summed E-state index contributed by atoms with van der Waals surface area (Å²) in [5, 5.41) is 5.94. The molecule has 5 nitrogen and oxygen atoms in total. The lowest BCUT2D eigenvalue weighted by atomic mass is 9.90. The van der Waals surface area contributed by atoms with Crippen molar-refractivity contribution in [3.05, 3.63) is 71.8 Å². The van der Waals surface area contributed by atoms with Gasteiger partial charge < -0.3 is 10.2 Å². The molecule has 1 aliphatic carbocycles. The van der Waals surface area contributed by atoms with Gasteiger partial charge in [-0.05, 0) is 55.3 Å². The number of nitrogens with zero attached hydrogens (tertiary/aromatic N) is 4. The number of aromatic nitrogens is 2. The molecule has 31 heavy (non-hydrogen) atoms. The fourth-order valence-electron chi connectivity index (χ4n) is 5.14. The van der Waals surface area contributed by atoms with E-state index >= 15 is 0 Å². The number of piperazine rings is 1. The first-order valence-corrected chi connectivity index (χ1v) is 11.8. The molecule has 1 saturated heterocycles. The summed E-state index contributed by atoms with van der Waals surface area (Å²) in [4.78, 5) is 14.9. The van der Waals surface area contributed by atoms with Gasteiger partial charge in [0.15, 0.2) is 0 Å². The van der Waals surface area contributed by atoms with E-state index in [0.717, 1.165) is 38.3 Å². The maximum absolute atomic E-state index is 4.83. The number of rotatable bonds is 7. The normalized spacial score (nSPS) is 19.6. The van der Waals surface area contributed by atoms with Crippen molar-refractivity contribution in [1.82, 2.24) is 25.1 Å². The van der Waals surface area contributed by atoms with Crippen molar-refractivity contribution in [2.45, 2.75) is 38.3 Å². The van der Waals surface area contributed by atoms with Crippen molar-refractivity contribution >= 4 is 10.8 Å². The molecule has 1 N–H and O–H groups in total. The van der Waals surface area contributed by atoms with Crippen molar-refractivity contribution in [3.8, 4) is 0 Å². The van der Waals surface area contributed by atoms with Crippen molar-refractivity contribution in [1.29, 1.82) is 0 Å². The Hall–Kier alpha value is -2.34. The van der Waals surface area contributed by atoms with Gasteiger partial charge in [-0.2, -0.15) is 0 Å². The average molecular weight is 416 g/mol. The molecule has 0 saturated carbocycles. The predicted octanol–water partition coefficient (Wildman–Crippen LogP) is 3.80. The molecule has 1 aromatic carbocycles. The summed E-state index contributed by atoms with van der Waals surface area (Å²) < 4.78 is 0. The smallest absolute Gasteiger partial charge is 0.0607 e. The number of fused-ring (bicyclic) bond motifs is 2. The van der Waals surface area contributed by atoms with Crippen molar-refractivity contribution < 1.29 is 0 Å². The van der Waals surface area contributed by atoms with Gasteiger partial charge in [-0.1, -0.05) is 30.3 Å². The van der Waals surface area contributed by atoms with Gasteiger partial charge in [0.05, 0.1) is 17.4 Å². The molecule has 1 fully saturated rings. The SMILES string of the molecule is c1cnc2c(c1)CCC[C@@H]2N(CCCN1CCNCC1)Cc1cc2ccccc2cn1. The van der Waals surface area contributed by atoms with Crippen LogP contribution in [0.2, 0.25) is 0 Å². The minimum absolute atomic E-state index is 0.390. The van der Waals surface area contributed by atoms with Crippen LogP contribution in [0.5, 0.6) is 0 Å². The van der Waals surface area contributed by atoms with Crippen LogP contribution in [0.3, 0.4) is 0 Å². The summed E-state index contributed by atoms with van der Waals surface area (Å²) in [5.41, 5.74) is 3.87. The fraction of sp³-hybridized carbons (Fsp3) is 0.462. The number of aryl methyl sites for hydroxylation is 1. The molecule has 162 valence electrons. The van der Waals surface area contributed by atoms with Crippen LogP contribution >= 0.6 is 0 Å². The number of nitrogens with one attached hydrogen (secondary N) is 1. The van der Waals surface area contributed by atoms with E-state index in [1.165, 1.54) is 60.9 Å². The zero-order chi connectivity index (χ0) is 20.9. The maximum Gasteiger partial charge on any atom is 0.0607 e. The first-order chi connectivity index (χ1) is 15.4. The van der Waals surface area contributed by atoms with Crippen LogP contribution in [-0.2, 0) is 13.0 Å². The van der Waals surface area contributed by atoms with Gasteiger partial charge in [0.2, 0.25) is 0 Å². The summed E-state index contributed by atoms with van der Waals surface area (Å²) >= 11 is 0. The first kappa shape index (κ1) is 20.6. The Morgan fingerprint density at radius 2 is 1.90 bits per heavy atom. The van der Waals surface area contributed by atoms with E-state index in [1.807, 2.05) is 12.4 Å². The Morgan fingerprint density at radius 3 is 2.81 bits per heavy atom. The summed E-state index contributed by atoms with van der Waals surface area (Å²) in [6.45, 7) is 7.70. The van der Waals surface area contributed by atoms with E-state index in [1.54, 1.807) is 0 Å². The number of pyridine rings is 2. The molecule has 0 bridgehead atoms. The van der Waals surface area contributed by atoms with Gasteiger partial charge >= 0.3 is 0 Å². The standard InChI is InChI=1S/C26H33N5/c1-2-7-23-19-29-24(18-22(23)6-1)20-31(15-5-14-30-16-12-27-13-17-30)25-10-3-8-21-9-4-11-28-26(21)25/h1-2,4,6-7,9,11,18-19,25,27H,3,5,8,10,12-17,20H2/t25-/m0/s1. The van der Waals surface area contributed by atoms with E-state index in [-0.39, 0.29) is 0 Å². The van der Waals surface area contributed by atoms with Crippen LogP contribution in [0.25, 0.3) is 10.8 Å². The summed E-state index contributed by atoms with van der Waals surface area (Å²) in [5.74, 6) is 0. The molecule has 1 aliphatic heterocycles. The average Bonchev–Trinajstić information content (AvgIpc) is 2.84. The highest BCUT2D eigenvalue weighted by molar-refractivity contribution is 5.81. The topological polar surface area (TPSA) is 44.3 Å². The lowest BCUT2D eigenvalue weighted by Gasteiger charge is -2.35. The summed E-state index contributed by atoms with van der Waals surface area (Å²) in [6.07, 6.45) is 8.75. The Labute approximate surface area is 185 Å². The monoisotopic (exact) mass is 415 g/mol. The highest BCUT2D eigenvalue weighted by atomic mass is 15.2.